The Hall–Kier alpha value is -1.11. The maximum absolute atomic E-state index is 12.4. The van der Waals surface area contributed by atoms with Crippen LogP contribution in [0.3, 0.4) is 0 Å². The fourth-order valence-corrected chi connectivity index (χ4v) is 3.94. The highest BCUT2D eigenvalue weighted by Crippen LogP contribution is 2.32. The van der Waals surface area contributed by atoms with E-state index in [1.165, 1.54) is 0 Å². The molecule has 0 bridgehead atoms. The SMILES string of the molecule is COc1ccccc1[C@H]1CN(S(=O)(=O)C(C)C)CCN1C. The van der Waals surface area contributed by atoms with Crippen LogP contribution in [0.1, 0.15) is 25.5 Å². The number of methoxy groups -OCH3 is 1. The summed E-state index contributed by atoms with van der Waals surface area (Å²) < 4.78 is 31.8. The Morgan fingerprint density at radius 2 is 1.90 bits per heavy atom. The summed E-state index contributed by atoms with van der Waals surface area (Å²) in [6.45, 7) is 5.19. The minimum atomic E-state index is -3.22. The first kappa shape index (κ1) is 16.3. The molecule has 0 spiro atoms. The van der Waals surface area contributed by atoms with Gasteiger partial charge in [-0.3, -0.25) is 4.90 Å². The molecule has 1 atom stereocenters. The van der Waals surface area contributed by atoms with Crippen molar-refractivity contribution in [2.45, 2.75) is 25.1 Å². The first-order valence-electron chi connectivity index (χ1n) is 7.20. The Balaban J connectivity index is 2.31. The predicted molar refractivity (Wildman–Crippen MR) is 84.0 cm³/mol. The van der Waals surface area contributed by atoms with Crippen LogP contribution in [0.25, 0.3) is 0 Å². The Bertz CT molecular complexity index is 586. The molecule has 1 saturated heterocycles. The van der Waals surface area contributed by atoms with Crippen LogP contribution in [0.15, 0.2) is 24.3 Å². The molecule has 0 aromatic heterocycles. The van der Waals surface area contributed by atoms with Crippen molar-refractivity contribution in [1.82, 2.24) is 9.21 Å². The molecule has 21 heavy (non-hydrogen) atoms. The molecule has 1 heterocycles. The summed E-state index contributed by atoms with van der Waals surface area (Å²) >= 11 is 0. The summed E-state index contributed by atoms with van der Waals surface area (Å²) in [5, 5.41) is -0.390. The molecule has 1 aliphatic heterocycles. The number of piperazine rings is 1. The predicted octanol–water partition coefficient (Wildman–Crippen LogP) is 1.72. The molecule has 118 valence electrons. The lowest BCUT2D eigenvalue weighted by atomic mass is 10.0. The molecule has 0 unspecified atom stereocenters. The quantitative estimate of drug-likeness (QED) is 0.849. The normalized spacial score (nSPS) is 21.7. The molecule has 0 saturated carbocycles. The van der Waals surface area contributed by atoms with Crippen LogP contribution < -0.4 is 4.74 Å². The van der Waals surface area contributed by atoms with Crippen molar-refractivity contribution in [2.24, 2.45) is 0 Å². The van der Waals surface area contributed by atoms with Crippen LogP contribution in [-0.4, -0.2) is 56.7 Å². The third kappa shape index (κ3) is 3.22. The lowest BCUT2D eigenvalue weighted by Gasteiger charge is -2.40. The van der Waals surface area contributed by atoms with Gasteiger partial charge >= 0.3 is 0 Å². The maximum Gasteiger partial charge on any atom is 0.216 e. The van der Waals surface area contributed by atoms with Gasteiger partial charge in [-0.25, -0.2) is 8.42 Å². The Labute approximate surface area is 127 Å². The van der Waals surface area contributed by atoms with Gasteiger partial charge in [0.15, 0.2) is 0 Å². The number of hydrogen-bond donors (Lipinski definition) is 0. The minimum Gasteiger partial charge on any atom is -0.496 e. The number of benzene rings is 1. The Morgan fingerprint density at radius 3 is 2.52 bits per heavy atom. The topological polar surface area (TPSA) is 49.9 Å². The second-order valence-electron chi connectivity index (χ2n) is 5.69. The van der Waals surface area contributed by atoms with E-state index in [9.17, 15) is 8.42 Å². The molecule has 0 N–H and O–H groups in total. The first-order valence-corrected chi connectivity index (χ1v) is 8.70. The zero-order chi connectivity index (χ0) is 15.6. The van der Waals surface area contributed by atoms with Gasteiger partial charge in [-0.2, -0.15) is 4.31 Å². The smallest absolute Gasteiger partial charge is 0.216 e. The molecule has 1 fully saturated rings. The van der Waals surface area contributed by atoms with Crippen molar-refractivity contribution in [3.63, 3.8) is 0 Å². The van der Waals surface area contributed by atoms with E-state index in [4.69, 9.17) is 4.74 Å². The van der Waals surface area contributed by atoms with E-state index in [1.54, 1.807) is 25.3 Å². The van der Waals surface area contributed by atoms with Crippen LogP contribution >= 0.6 is 0 Å². The first-order chi connectivity index (χ1) is 9.87. The molecule has 1 aromatic rings. The van der Waals surface area contributed by atoms with E-state index in [-0.39, 0.29) is 11.3 Å². The van der Waals surface area contributed by atoms with E-state index in [1.807, 2.05) is 31.3 Å². The summed E-state index contributed by atoms with van der Waals surface area (Å²) in [6.07, 6.45) is 0. The van der Waals surface area contributed by atoms with E-state index in [0.29, 0.717) is 19.6 Å². The number of hydrogen-bond acceptors (Lipinski definition) is 4. The summed E-state index contributed by atoms with van der Waals surface area (Å²) in [4.78, 5) is 2.18. The highest BCUT2D eigenvalue weighted by Gasteiger charge is 2.34. The maximum atomic E-state index is 12.4. The van der Waals surface area contributed by atoms with E-state index < -0.39 is 10.0 Å². The molecule has 0 radical (unpaired) electrons. The minimum absolute atomic E-state index is 0.0171. The van der Waals surface area contributed by atoms with Gasteiger partial charge in [-0.05, 0) is 27.0 Å². The molecular weight excluding hydrogens is 288 g/mol. The molecule has 0 amide bonds. The van der Waals surface area contributed by atoms with Crippen LogP contribution in [0.5, 0.6) is 5.75 Å². The van der Waals surface area contributed by atoms with Gasteiger partial charge in [0.2, 0.25) is 10.0 Å². The molecule has 6 heteroatoms. The van der Waals surface area contributed by atoms with Gasteiger partial charge in [0.25, 0.3) is 0 Å². The van der Waals surface area contributed by atoms with Crippen LogP contribution in [0.4, 0.5) is 0 Å². The van der Waals surface area contributed by atoms with Crippen molar-refractivity contribution in [3.8, 4) is 5.75 Å². The van der Waals surface area contributed by atoms with Crippen molar-refractivity contribution < 1.29 is 13.2 Å². The standard InChI is InChI=1S/C15H24N2O3S/c1-12(2)21(18,19)17-10-9-16(3)14(11-17)13-7-5-6-8-15(13)20-4/h5-8,12,14H,9-11H2,1-4H3/t14-/m1/s1. The second kappa shape index (κ2) is 6.34. The second-order valence-corrected chi connectivity index (χ2v) is 8.18. The summed E-state index contributed by atoms with van der Waals surface area (Å²) in [6, 6.07) is 7.82. The Kier molecular flexibility index (Phi) is 4.91. The lowest BCUT2D eigenvalue weighted by molar-refractivity contribution is 0.145. The highest BCUT2D eigenvalue weighted by atomic mass is 32.2. The summed E-state index contributed by atoms with van der Waals surface area (Å²) in [7, 11) is 0.449. The Morgan fingerprint density at radius 1 is 1.24 bits per heavy atom. The molecule has 1 aromatic carbocycles. The number of nitrogens with zero attached hydrogens (tertiary/aromatic N) is 2. The molecule has 5 nitrogen and oxygen atoms in total. The van der Waals surface area contributed by atoms with Crippen molar-refractivity contribution in [2.75, 3.05) is 33.8 Å². The summed E-state index contributed by atoms with van der Waals surface area (Å²) in [5.41, 5.74) is 1.03. The fourth-order valence-electron chi connectivity index (χ4n) is 2.66. The summed E-state index contributed by atoms with van der Waals surface area (Å²) in [5.74, 6) is 0.804. The van der Waals surface area contributed by atoms with E-state index in [0.717, 1.165) is 11.3 Å². The average molecular weight is 312 g/mol. The zero-order valence-corrected chi connectivity index (χ0v) is 13.9. The van der Waals surface area contributed by atoms with Gasteiger partial charge in [0.1, 0.15) is 5.75 Å². The molecule has 1 aliphatic rings. The number of para-hydroxylation sites is 1. The third-order valence-corrected chi connectivity index (χ3v) is 6.31. The lowest BCUT2D eigenvalue weighted by Crippen LogP contribution is -2.50. The monoisotopic (exact) mass is 312 g/mol. The van der Waals surface area contributed by atoms with Gasteiger partial charge < -0.3 is 4.74 Å². The number of likely N-dealkylation sites (N-methyl/N-ethyl adjacent to an activating group) is 1. The molecule has 0 aliphatic carbocycles. The number of sulfonamides is 1. The number of ether oxygens (including phenoxy) is 1. The average Bonchev–Trinajstić information content (AvgIpc) is 2.47. The van der Waals surface area contributed by atoms with Crippen molar-refractivity contribution in [3.05, 3.63) is 29.8 Å². The van der Waals surface area contributed by atoms with Crippen molar-refractivity contribution >= 4 is 10.0 Å². The van der Waals surface area contributed by atoms with E-state index >= 15 is 0 Å². The largest absolute Gasteiger partial charge is 0.496 e. The zero-order valence-electron chi connectivity index (χ0n) is 13.1. The van der Waals surface area contributed by atoms with Gasteiger partial charge in [0, 0.05) is 25.2 Å². The number of rotatable bonds is 4. The van der Waals surface area contributed by atoms with Crippen LogP contribution in [-0.2, 0) is 10.0 Å². The van der Waals surface area contributed by atoms with Gasteiger partial charge in [0.05, 0.1) is 18.4 Å². The highest BCUT2D eigenvalue weighted by molar-refractivity contribution is 7.89. The van der Waals surface area contributed by atoms with Gasteiger partial charge in [-0.15, -0.1) is 0 Å². The van der Waals surface area contributed by atoms with Crippen LogP contribution in [0.2, 0.25) is 0 Å². The molecular formula is C15H24N2O3S. The van der Waals surface area contributed by atoms with Crippen molar-refractivity contribution in [1.29, 1.82) is 0 Å². The molecule has 2 rings (SSSR count). The van der Waals surface area contributed by atoms with Crippen LogP contribution in [0, 0.1) is 0 Å². The van der Waals surface area contributed by atoms with Gasteiger partial charge in [-0.1, -0.05) is 18.2 Å². The third-order valence-electron chi connectivity index (χ3n) is 4.06. The fraction of sp³-hybridized carbons (Fsp3) is 0.600. The van der Waals surface area contributed by atoms with E-state index in [2.05, 4.69) is 4.90 Å².